The van der Waals surface area contributed by atoms with Gasteiger partial charge in [0, 0.05) is 32.7 Å². The third-order valence-corrected chi connectivity index (χ3v) is 8.69. The molecule has 38 heavy (non-hydrogen) atoms. The van der Waals surface area contributed by atoms with E-state index in [-0.39, 0.29) is 34.9 Å². The molecule has 3 aromatic carbocycles. The van der Waals surface area contributed by atoms with Crippen molar-refractivity contribution in [2.45, 2.75) is 11.4 Å². The second-order valence-corrected chi connectivity index (χ2v) is 11.3. The van der Waals surface area contributed by atoms with Crippen LogP contribution >= 0.6 is 11.6 Å². The summed E-state index contributed by atoms with van der Waals surface area (Å²) in [7, 11) is -2.55. The van der Waals surface area contributed by atoms with Gasteiger partial charge in [0.1, 0.15) is 12.3 Å². The van der Waals surface area contributed by atoms with Crippen molar-refractivity contribution in [1.82, 2.24) is 9.80 Å². The third kappa shape index (κ3) is 5.52. The second kappa shape index (κ2) is 11.1. The number of rotatable bonds is 8. The predicted molar refractivity (Wildman–Crippen MR) is 143 cm³/mol. The summed E-state index contributed by atoms with van der Waals surface area (Å²) in [6.45, 7) is 2.93. The molecule has 1 amide bonds. The van der Waals surface area contributed by atoms with E-state index in [1.807, 2.05) is 18.2 Å². The minimum Gasteiger partial charge on any atom is -0.495 e. The molecule has 0 aliphatic carbocycles. The Hall–Kier alpha value is -3.47. The van der Waals surface area contributed by atoms with Gasteiger partial charge in [0.05, 0.1) is 22.7 Å². The van der Waals surface area contributed by atoms with Crippen molar-refractivity contribution in [2.75, 3.05) is 50.9 Å². The maximum atomic E-state index is 13.6. The molecule has 1 saturated heterocycles. The number of anilines is 1. The van der Waals surface area contributed by atoms with E-state index >= 15 is 0 Å². The molecule has 11 heteroatoms. The summed E-state index contributed by atoms with van der Waals surface area (Å²) in [5.74, 6) is 1.63. The molecular weight excluding hydrogens is 530 g/mol. The molecule has 1 fully saturated rings. The van der Waals surface area contributed by atoms with Crippen LogP contribution in [0.5, 0.6) is 17.2 Å². The first-order valence-electron chi connectivity index (χ1n) is 12.1. The number of nitrogens with zero attached hydrogens (tertiary/aromatic N) is 3. The molecule has 0 saturated carbocycles. The number of carbonyl (C=O) groups is 1. The Bertz CT molecular complexity index is 1410. The molecule has 0 unspecified atom stereocenters. The fourth-order valence-corrected chi connectivity index (χ4v) is 6.20. The highest BCUT2D eigenvalue weighted by molar-refractivity contribution is 7.92. The zero-order valence-corrected chi connectivity index (χ0v) is 22.5. The molecule has 2 aliphatic heterocycles. The fourth-order valence-electron chi connectivity index (χ4n) is 4.52. The van der Waals surface area contributed by atoms with Gasteiger partial charge in [-0.3, -0.25) is 14.0 Å². The SMILES string of the molecule is COc1ccc(N(CC(=O)N2CCN(Cc3ccc4c(c3)OCO4)CC2)S(=O)(=O)c2ccccc2)cc1Cl. The van der Waals surface area contributed by atoms with Gasteiger partial charge in [-0.15, -0.1) is 0 Å². The van der Waals surface area contributed by atoms with Crippen LogP contribution in [0.3, 0.4) is 0 Å². The van der Waals surface area contributed by atoms with Gasteiger partial charge in [0.15, 0.2) is 11.5 Å². The number of piperazine rings is 1. The first-order chi connectivity index (χ1) is 18.3. The van der Waals surface area contributed by atoms with Crippen LogP contribution in [0, 0.1) is 0 Å². The summed E-state index contributed by atoms with van der Waals surface area (Å²) in [6.07, 6.45) is 0. The summed E-state index contributed by atoms with van der Waals surface area (Å²) in [5, 5.41) is 0.253. The minimum atomic E-state index is -4.03. The van der Waals surface area contributed by atoms with Crippen molar-refractivity contribution >= 4 is 33.2 Å². The zero-order chi connectivity index (χ0) is 26.7. The van der Waals surface area contributed by atoms with Crippen LogP contribution < -0.4 is 18.5 Å². The molecule has 5 rings (SSSR count). The Morgan fingerprint density at radius 1 is 0.974 bits per heavy atom. The summed E-state index contributed by atoms with van der Waals surface area (Å²) in [5.41, 5.74) is 1.39. The molecule has 2 heterocycles. The summed E-state index contributed by atoms with van der Waals surface area (Å²) in [6, 6.07) is 18.6. The van der Waals surface area contributed by atoms with Crippen LogP contribution in [0.2, 0.25) is 5.02 Å². The highest BCUT2D eigenvalue weighted by Crippen LogP contribution is 2.33. The van der Waals surface area contributed by atoms with Crippen molar-refractivity contribution in [3.05, 3.63) is 77.3 Å². The Labute approximate surface area is 227 Å². The molecule has 0 spiro atoms. The summed E-state index contributed by atoms with van der Waals surface area (Å²) < 4.78 is 44.4. The van der Waals surface area contributed by atoms with E-state index in [4.69, 9.17) is 25.8 Å². The van der Waals surface area contributed by atoms with Crippen molar-refractivity contribution in [3.8, 4) is 17.2 Å². The molecule has 200 valence electrons. The molecule has 2 aliphatic rings. The number of hydrogen-bond donors (Lipinski definition) is 0. The lowest BCUT2D eigenvalue weighted by molar-refractivity contribution is -0.131. The minimum absolute atomic E-state index is 0.0910. The van der Waals surface area contributed by atoms with E-state index in [2.05, 4.69) is 4.90 Å². The Balaban J connectivity index is 1.29. The topological polar surface area (TPSA) is 88.6 Å². The average Bonchev–Trinajstić information content (AvgIpc) is 3.40. The molecule has 0 aromatic heterocycles. The van der Waals surface area contributed by atoms with Crippen molar-refractivity contribution in [2.24, 2.45) is 0 Å². The van der Waals surface area contributed by atoms with Gasteiger partial charge in [0.25, 0.3) is 10.0 Å². The van der Waals surface area contributed by atoms with E-state index < -0.39 is 10.0 Å². The van der Waals surface area contributed by atoms with Gasteiger partial charge >= 0.3 is 0 Å². The van der Waals surface area contributed by atoms with Gasteiger partial charge in [-0.2, -0.15) is 0 Å². The van der Waals surface area contributed by atoms with Crippen LogP contribution in [-0.4, -0.2) is 70.8 Å². The lowest BCUT2D eigenvalue weighted by Gasteiger charge is -2.36. The second-order valence-electron chi connectivity index (χ2n) is 8.99. The zero-order valence-electron chi connectivity index (χ0n) is 20.9. The molecule has 9 nitrogen and oxygen atoms in total. The number of fused-ring (bicyclic) bond motifs is 1. The number of sulfonamides is 1. The largest absolute Gasteiger partial charge is 0.495 e. The van der Waals surface area contributed by atoms with Crippen LogP contribution in [-0.2, 0) is 21.4 Å². The first-order valence-corrected chi connectivity index (χ1v) is 14.0. The van der Waals surface area contributed by atoms with Gasteiger partial charge in [0.2, 0.25) is 12.7 Å². The monoisotopic (exact) mass is 557 g/mol. The standard InChI is InChI=1S/C27H28ClN3O6S/c1-35-24-10-8-21(16-23(24)28)31(38(33,34)22-5-3-2-4-6-22)18-27(32)30-13-11-29(12-14-30)17-20-7-9-25-26(15-20)37-19-36-25/h2-10,15-16H,11-14,17-19H2,1H3. The third-order valence-electron chi connectivity index (χ3n) is 6.60. The molecule has 0 bridgehead atoms. The van der Waals surface area contributed by atoms with Crippen LogP contribution in [0.15, 0.2) is 71.6 Å². The van der Waals surface area contributed by atoms with Crippen molar-refractivity contribution in [3.63, 3.8) is 0 Å². The van der Waals surface area contributed by atoms with E-state index in [1.165, 1.54) is 25.3 Å². The smallest absolute Gasteiger partial charge is 0.264 e. The van der Waals surface area contributed by atoms with Gasteiger partial charge in [-0.05, 0) is 48.0 Å². The van der Waals surface area contributed by atoms with E-state index in [1.54, 1.807) is 35.2 Å². The number of hydrogen-bond acceptors (Lipinski definition) is 7. The van der Waals surface area contributed by atoms with Gasteiger partial charge in [-0.25, -0.2) is 8.42 Å². The molecule has 0 atom stereocenters. The first kappa shape index (κ1) is 26.1. The Morgan fingerprint density at radius 3 is 2.42 bits per heavy atom. The van der Waals surface area contributed by atoms with Crippen LogP contribution in [0.25, 0.3) is 0 Å². The number of methoxy groups -OCH3 is 1. The Kier molecular flexibility index (Phi) is 7.64. The van der Waals surface area contributed by atoms with Crippen LogP contribution in [0.1, 0.15) is 5.56 Å². The van der Waals surface area contributed by atoms with E-state index in [0.29, 0.717) is 31.9 Å². The fraction of sp³-hybridized carbons (Fsp3) is 0.296. The van der Waals surface area contributed by atoms with E-state index in [9.17, 15) is 13.2 Å². The lowest BCUT2D eigenvalue weighted by Crippen LogP contribution is -2.51. The number of benzene rings is 3. The molecular formula is C27H28ClN3O6S. The highest BCUT2D eigenvalue weighted by Gasteiger charge is 2.30. The normalized spacial score (nSPS) is 15.4. The summed E-state index contributed by atoms with van der Waals surface area (Å²) in [4.78, 5) is 17.4. The number of carbonyl (C=O) groups excluding carboxylic acids is 1. The predicted octanol–water partition coefficient (Wildman–Crippen LogP) is 3.62. The number of ether oxygens (including phenoxy) is 3. The number of halogens is 1. The molecule has 0 N–H and O–H groups in total. The van der Waals surface area contributed by atoms with Gasteiger partial charge < -0.3 is 19.1 Å². The van der Waals surface area contributed by atoms with E-state index in [0.717, 1.165) is 27.9 Å². The van der Waals surface area contributed by atoms with Gasteiger partial charge in [-0.1, -0.05) is 35.9 Å². The quantitative estimate of drug-likeness (QED) is 0.418. The maximum absolute atomic E-state index is 13.6. The van der Waals surface area contributed by atoms with Crippen molar-refractivity contribution < 1.29 is 27.4 Å². The Morgan fingerprint density at radius 2 is 1.71 bits per heavy atom. The number of amides is 1. The van der Waals surface area contributed by atoms with Crippen LogP contribution in [0.4, 0.5) is 5.69 Å². The highest BCUT2D eigenvalue weighted by atomic mass is 35.5. The molecule has 0 radical (unpaired) electrons. The summed E-state index contributed by atoms with van der Waals surface area (Å²) >= 11 is 6.31. The lowest BCUT2D eigenvalue weighted by atomic mass is 10.1. The van der Waals surface area contributed by atoms with Crippen molar-refractivity contribution in [1.29, 1.82) is 0 Å². The molecule has 3 aromatic rings. The average molecular weight is 558 g/mol. The maximum Gasteiger partial charge on any atom is 0.264 e.